The lowest BCUT2D eigenvalue weighted by molar-refractivity contribution is 0.417. The topological polar surface area (TPSA) is 49.4 Å². The quantitative estimate of drug-likeness (QED) is 0.914. The van der Waals surface area contributed by atoms with E-state index in [4.69, 9.17) is 0 Å². The van der Waals surface area contributed by atoms with Gasteiger partial charge in [0.05, 0.1) is 5.69 Å². The fourth-order valence-electron chi connectivity index (χ4n) is 2.13. The maximum atomic E-state index is 12.6. The van der Waals surface area contributed by atoms with Crippen LogP contribution in [0.3, 0.4) is 0 Å². The minimum Gasteiger partial charge on any atom is -0.383 e. The minimum atomic E-state index is -3.34. The van der Waals surface area contributed by atoms with Gasteiger partial charge in [0.1, 0.15) is 4.90 Å². The summed E-state index contributed by atoms with van der Waals surface area (Å²) >= 11 is 0. The molecule has 0 saturated heterocycles. The normalized spacial score (nSPS) is 18.8. The zero-order chi connectivity index (χ0) is 13.2. The van der Waals surface area contributed by atoms with Crippen LogP contribution >= 0.6 is 0 Å². The Morgan fingerprint density at radius 3 is 2.89 bits per heavy atom. The minimum absolute atomic E-state index is 0.413. The van der Waals surface area contributed by atoms with Gasteiger partial charge in [-0.3, -0.25) is 0 Å². The summed E-state index contributed by atoms with van der Waals surface area (Å²) in [5, 5.41) is 3.19. The lowest BCUT2D eigenvalue weighted by atomic mass is 10.2. The van der Waals surface area contributed by atoms with E-state index in [1.165, 1.54) is 0 Å². The van der Waals surface area contributed by atoms with Crippen LogP contribution in [-0.4, -0.2) is 32.4 Å². The standard InChI is InChI=1S/C13H20N2O2S/c1-3-4-8-15-9-7-14-12-6-5-11(2)10-13(12)18(15,16)17/h5-6,10,14H,3-4,7-9H2,1-2H3. The summed E-state index contributed by atoms with van der Waals surface area (Å²) in [5.41, 5.74) is 1.69. The lowest BCUT2D eigenvalue weighted by Gasteiger charge is -2.19. The van der Waals surface area contributed by atoms with Crippen molar-refractivity contribution in [2.24, 2.45) is 0 Å². The molecule has 0 amide bonds. The van der Waals surface area contributed by atoms with Gasteiger partial charge in [0, 0.05) is 19.6 Å². The molecule has 100 valence electrons. The van der Waals surface area contributed by atoms with Crippen LogP contribution in [-0.2, 0) is 10.0 Å². The van der Waals surface area contributed by atoms with E-state index in [0.717, 1.165) is 24.1 Å². The number of fused-ring (bicyclic) bond motifs is 1. The van der Waals surface area contributed by atoms with Crippen LogP contribution in [0.2, 0.25) is 0 Å². The van der Waals surface area contributed by atoms with Crippen LogP contribution in [0.1, 0.15) is 25.3 Å². The average Bonchev–Trinajstić information content (AvgIpc) is 2.45. The van der Waals surface area contributed by atoms with Crippen LogP contribution < -0.4 is 5.32 Å². The van der Waals surface area contributed by atoms with Crippen LogP contribution in [0, 0.1) is 6.92 Å². The van der Waals surface area contributed by atoms with Gasteiger partial charge in [0.2, 0.25) is 10.0 Å². The van der Waals surface area contributed by atoms with E-state index in [-0.39, 0.29) is 0 Å². The SMILES string of the molecule is CCCCN1CCNc2ccc(C)cc2S1(=O)=O. The third kappa shape index (κ3) is 2.52. The molecular formula is C13H20N2O2S. The van der Waals surface area contributed by atoms with E-state index in [9.17, 15) is 8.42 Å². The zero-order valence-corrected chi connectivity index (χ0v) is 11.8. The third-order valence-electron chi connectivity index (χ3n) is 3.19. The van der Waals surface area contributed by atoms with Crippen molar-refractivity contribution >= 4 is 15.7 Å². The van der Waals surface area contributed by atoms with E-state index in [0.29, 0.717) is 24.5 Å². The molecule has 2 rings (SSSR count). The molecule has 0 aromatic heterocycles. The monoisotopic (exact) mass is 268 g/mol. The Bertz CT molecular complexity index is 524. The summed E-state index contributed by atoms with van der Waals surface area (Å²) in [7, 11) is -3.34. The Morgan fingerprint density at radius 1 is 1.39 bits per heavy atom. The molecule has 0 spiro atoms. The molecule has 0 atom stereocenters. The van der Waals surface area contributed by atoms with Crippen molar-refractivity contribution in [1.82, 2.24) is 4.31 Å². The van der Waals surface area contributed by atoms with Gasteiger partial charge in [-0.2, -0.15) is 4.31 Å². The summed E-state index contributed by atoms with van der Waals surface area (Å²) in [6.45, 7) is 5.79. The Kier molecular flexibility index (Phi) is 3.92. The first-order valence-corrected chi connectivity index (χ1v) is 7.84. The molecule has 1 N–H and O–H groups in total. The molecule has 0 saturated carbocycles. The molecule has 0 bridgehead atoms. The Labute approximate surface area is 109 Å². The number of sulfonamides is 1. The lowest BCUT2D eigenvalue weighted by Crippen LogP contribution is -2.33. The number of anilines is 1. The number of benzene rings is 1. The van der Waals surface area contributed by atoms with Crippen molar-refractivity contribution in [3.63, 3.8) is 0 Å². The van der Waals surface area contributed by atoms with Crippen LogP contribution in [0.4, 0.5) is 5.69 Å². The number of nitrogens with one attached hydrogen (secondary N) is 1. The molecule has 1 aromatic rings. The van der Waals surface area contributed by atoms with E-state index < -0.39 is 10.0 Å². The molecule has 4 nitrogen and oxygen atoms in total. The highest BCUT2D eigenvalue weighted by Gasteiger charge is 2.28. The molecule has 18 heavy (non-hydrogen) atoms. The van der Waals surface area contributed by atoms with Crippen LogP contribution in [0.5, 0.6) is 0 Å². The summed E-state index contributed by atoms with van der Waals surface area (Å²) in [6.07, 6.45) is 1.90. The highest BCUT2D eigenvalue weighted by molar-refractivity contribution is 7.89. The molecule has 0 fully saturated rings. The van der Waals surface area contributed by atoms with Crippen molar-refractivity contribution in [2.45, 2.75) is 31.6 Å². The van der Waals surface area contributed by atoms with Crippen molar-refractivity contribution in [1.29, 1.82) is 0 Å². The van der Waals surface area contributed by atoms with Crippen LogP contribution in [0.25, 0.3) is 0 Å². The Balaban J connectivity index is 2.42. The van der Waals surface area contributed by atoms with Gasteiger partial charge in [-0.1, -0.05) is 19.4 Å². The fraction of sp³-hybridized carbons (Fsp3) is 0.538. The van der Waals surface area contributed by atoms with E-state index >= 15 is 0 Å². The molecule has 1 aliphatic heterocycles. The maximum Gasteiger partial charge on any atom is 0.245 e. The number of hydrogen-bond acceptors (Lipinski definition) is 3. The number of nitrogens with zero attached hydrogens (tertiary/aromatic N) is 1. The molecule has 1 aromatic carbocycles. The van der Waals surface area contributed by atoms with Gasteiger partial charge in [-0.25, -0.2) is 8.42 Å². The van der Waals surface area contributed by atoms with Crippen molar-refractivity contribution < 1.29 is 8.42 Å². The molecule has 0 radical (unpaired) electrons. The Morgan fingerprint density at radius 2 is 2.17 bits per heavy atom. The van der Waals surface area contributed by atoms with Gasteiger partial charge in [-0.05, 0) is 31.0 Å². The second-order valence-electron chi connectivity index (χ2n) is 4.68. The summed E-state index contributed by atoms with van der Waals surface area (Å²) < 4.78 is 26.7. The number of rotatable bonds is 3. The van der Waals surface area contributed by atoms with E-state index in [1.807, 2.05) is 19.1 Å². The van der Waals surface area contributed by atoms with Crippen LogP contribution in [0.15, 0.2) is 23.1 Å². The van der Waals surface area contributed by atoms with Crippen molar-refractivity contribution in [3.05, 3.63) is 23.8 Å². The molecule has 5 heteroatoms. The van der Waals surface area contributed by atoms with Gasteiger partial charge < -0.3 is 5.32 Å². The average molecular weight is 268 g/mol. The maximum absolute atomic E-state index is 12.6. The summed E-state index contributed by atoms with van der Waals surface area (Å²) in [5.74, 6) is 0. The molecule has 0 aliphatic carbocycles. The van der Waals surface area contributed by atoms with Crippen molar-refractivity contribution in [2.75, 3.05) is 25.0 Å². The second kappa shape index (κ2) is 5.28. The summed E-state index contributed by atoms with van der Waals surface area (Å²) in [4.78, 5) is 0.413. The molecule has 0 unspecified atom stereocenters. The zero-order valence-electron chi connectivity index (χ0n) is 10.9. The third-order valence-corrected chi connectivity index (χ3v) is 5.13. The first-order valence-electron chi connectivity index (χ1n) is 6.40. The summed E-state index contributed by atoms with van der Waals surface area (Å²) in [6, 6.07) is 5.54. The first kappa shape index (κ1) is 13.4. The molecular weight excluding hydrogens is 248 g/mol. The van der Waals surface area contributed by atoms with E-state index in [1.54, 1.807) is 10.4 Å². The predicted octanol–water partition coefficient (Wildman–Crippen LogP) is 2.21. The number of aryl methyl sites for hydroxylation is 1. The van der Waals surface area contributed by atoms with Crippen molar-refractivity contribution in [3.8, 4) is 0 Å². The van der Waals surface area contributed by atoms with Gasteiger partial charge in [0.25, 0.3) is 0 Å². The second-order valence-corrected chi connectivity index (χ2v) is 6.59. The van der Waals surface area contributed by atoms with Gasteiger partial charge >= 0.3 is 0 Å². The highest BCUT2D eigenvalue weighted by atomic mass is 32.2. The smallest absolute Gasteiger partial charge is 0.245 e. The Hall–Kier alpha value is -1.07. The van der Waals surface area contributed by atoms with Gasteiger partial charge in [0.15, 0.2) is 0 Å². The largest absolute Gasteiger partial charge is 0.383 e. The predicted molar refractivity (Wildman–Crippen MR) is 73.3 cm³/mol. The highest BCUT2D eigenvalue weighted by Crippen LogP contribution is 2.28. The number of hydrogen-bond donors (Lipinski definition) is 1. The number of unbranched alkanes of at least 4 members (excludes halogenated alkanes) is 1. The van der Waals surface area contributed by atoms with Gasteiger partial charge in [-0.15, -0.1) is 0 Å². The van der Waals surface area contributed by atoms with E-state index in [2.05, 4.69) is 12.2 Å². The first-order chi connectivity index (χ1) is 8.55. The molecule has 1 heterocycles. The fourth-order valence-corrected chi connectivity index (χ4v) is 3.86. The molecule has 1 aliphatic rings.